The predicted octanol–water partition coefficient (Wildman–Crippen LogP) is 1.98. The van der Waals surface area contributed by atoms with Gasteiger partial charge >= 0.3 is 0 Å². The van der Waals surface area contributed by atoms with Crippen molar-refractivity contribution in [1.29, 1.82) is 0 Å². The normalized spacial score (nSPS) is 18.2. The Morgan fingerprint density at radius 2 is 1.86 bits per heavy atom. The molecule has 0 saturated carbocycles. The fourth-order valence-corrected chi connectivity index (χ4v) is 4.30. The van der Waals surface area contributed by atoms with Crippen molar-refractivity contribution >= 4 is 5.91 Å². The molecular formula is C22H30N4O2. The summed E-state index contributed by atoms with van der Waals surface area (Å²) in [5.41, 5.74) is 4.68. The van der Waals surface area contributed by atoms with Gasteiger partial charge in [0.15, 0.2) is 0 Å². The lowest BCUT2D eigenvalue weighted by atomic mass is 10.1. The third-order valence-electron chi connectivity index (χ3n) is 6.06. The van der Waals surface area contributed by atoms with Gasteiger partial charge in [0.2, 0.25) is 0 Å². The van der Waals surface area contributed by atoms with E-state index in [1.165, 1.54) is 16.8 Å². The number of carbonyl (C=O) groups is 1. The summed E-state index contributed by atoms with van der Waals surface area (Å²) in [6.07, 6.45) is 0.978. The van der Waals surface area contributed by atoms with Crippen LogP contribution in [0.25, 0.3) is 0 Å². The van der Waals surface area contributed by atoms with E-state index in [0.29, 0.717) is 0 Å². The molecule has 0 unspecified atom stereocenters. The molecule has 150 valence electrons. The third-order valence-corrected chi connectivity index (χ3v) is 6.06. The maximum Gasteiger partial charge on any atom is 0.270 e. The summed E-state index contributed by atoms with van der Waals surface area (Å²) >= 11 is 0. The lowest BCUT2D eigenvalue weighted by Gasteiger charge is -2.32. The summed E-state index contributed by atoms with van der Waals surface area (Å²) in [6.45, 7) is 6.31. The van der Waals surface area contributed by atoms with Gasteiger partial charge in [-0.15, -0.1) is 0 Å². The Hall–Kier alpha value is -2.31. The number of carbonyl (C=O) groups excluding carboxylic acids is 1. The average molecular weight is 383 g/mol. The molecule has 2 aromatic rings. The van der Waals surface area contributed by atoms with Crippen LogP contribution in [0, 0.1) is 0 Å². The number of ether oxygens (including phenoxy) is 1. The van der Waals surface area contributed by atoms with E-state index in [2.05, 4.69) is 39.6 Å². The smallest absolute Gasteiger partial charge is 0.270 e. The number of benzene rings is 1. The maximum atomic E-state index is 13.0. The first-order chi connectivity index (χ1) is 13.5. The molecule has 0 spiro atoms. The molecule has 2 aliphatic rings. The summed E-state index contributed by atoms with van der Waals surface area (Å²) in [7, 11) is 5.86. The van der Waals surface area contributed by atoms with Crippen LogP contribution in [0.1, 0.15) is 27.3 Å². The average Bonchev–Trinajstić information content (AvgIpc) is 3.04. The van der Waals surface area contributed by atoms with Crippen molar-refractivity contribution in [3.8, 4) is 5.75 Å². The molecule has 0 N–H and O–H groups in total. The van der Waals surface area contributed by atoms with E-state index in [9.17, 15) is 4.79 Å². The van der Waals surface area contributed by atoms with Crippen LogP contribution in [0.3, 0.4) is 0 Å². The standard InChI is InChI=1S/C22H30N4O2/c1-23-9-11-26(12-10-23)22(27)21-14-18-16-25(8-7-20(18)24(21)2)15-17-5-4-6-19(13-17)28-3/h4-6,13-14H,7-12,15-16H2,1-3H3. The number of likely N-dealkylation sites (N-methyl/N-ethyl adjacent to an activating group) is 1. The number of methoxy groups -OCH3 is 1. The van der Waals surface area contributed by atoms with Crippen molar-refractivity contribution in [2.75, 3.05) is 46.9 Å². The molecule has 2 aliphatic heterocycles. The highest BCUT2D eigenvalue weighted by atomic mass is 16.5. The van der Waals surface area contributed by atoms with Gasteiger partial charge in [0.1, 0.15) is 11.4 Å². The zero-order chi connectivity index (χ0) is 19.7. The van der Waals surface area contributed by atoms with Gasteiger partial charge in [0.05, 0.1) is 7.11 Å². The van der Waals surface area contributed by atoms with Gasteiger partial charge in [-0.1, -0.05) is 12.1 Å². The quantitative estimate of drug-likeness (QED) is 0.811. The van der Waals surface area contributed by atoms with E-state index in [0.717, 1.165) is 63.7 Å². The number of amides is 1. The molecule has 6 nitrogen and oxygen atoms in total. The Labute approximate surface area is 167 Å². The molecule has 1 saturated heterocycles. The van der Waals surface area contributed by atoms with Gasteiger partial charge in [0, 0.05) is 65.0 Å². The van der Waals surface area contributed by atoms with Crippen molar-refractivity contribution in [2.24, 2.45) is 7.05 Å². The minimum atomic E-state index is 0.171. The predicted molar refractivity (Wildman–Crippen MR) is 110 cm³/mol. The van der Waals surface area contributed by atoms with Crippen LogP contribution in [-0.2, 0) is 26.6 Å². The fraction of sp³-hybridized carbons (Fsp3) is 0.500. The maximum absolute atomic E-state index is 13.0. The van der Waals surface area contributed by atoms with Gasteiger partial charge in [0.25, 0.3) is 5.91 Å². The van der Waals surface area contributed by atoms with E-state index >= 15 is 0 Å². The van der Waals surface area contributed by atoms with Crippen molar-refractivity contribution in [3.05, 3.63) is 52.8 Å². The molecule has 6 heteroatoms. The summed E-state index contributed by atoms with van der Waals surface area (Å²) in [5, 5.41) is 0. The zero-order valence-corrected chi connectivity index (χ0v) is 17.1. The van der Waals surface area contributed by atoms with Gasteiger partial charge in [-0.05, 0) is 36.4 Å². The van der Waals surface area contributed by atoms with Crippen LogP contribution < -0.4 is 4.74 Å². The number of piperazine rings is 1. The molecule has 0 aliphatic carbocycles. The highest BCUT2D eigenvalue weighted by Crippen LogP contribution is 2.25. The SMILES string of the molecule is COc1cccc(CN2CCc3c(cc(C(=O)N4CCN(C)CC4)n3C)C2)c1. The van der Waals surface area contributed by atoms with Crippen LogP contribution in [0.4, 0.5) is 0 Å². The molecule has 0 bridgehead atoms. The summed E-state index contributed by atoms with van der Waals surface area (Å²) < 4.78 is 7.47. The van der Waals surface area contributed by atoms with Gasteiger partial charge in [-0.25, -0.2) is 0 Å². The molecule has 0 atom stereocenters. The minimum absolute atomic E-state index is 0.171. The first kappa shape index (κ1) is 19.0. The van der Waals surface area contributed by atoms with Crippen LogP contribution in [0.2, 0.25) is 0 Å². The van der Waals surface area contributed by atoms with Crippen LogP contribution in [0.15, 0.2) is 30.3 Å². The second-order valence-corrected chi connectivity index (χ2v) is 7.97. The summed E-state index contributed by atoms with van der Waals surface area (Å²) in [6, 6.07) is 10.4. The number of fused-ring (bicyclic) bond motifs is 1. The number of hydrogen-bond acceptors (Lipinski definition) is 4. The third kappa shape index (κ3) is 3.80. The molecule has 3 heterocycles. The summed E-state index contributed by atoms with van der Waals surface area (Å²) in [4.78, 5) is 19.8. The fourth-order valence-electron chi connectivity index (χ4n) is 4.30. The second kappa shape index (κ2) is 7.97. The van der Waals surface area contributed by atoms with Crippen LogP contribution in [-0.4, -0.2) is 72.1 Å². The minimum Gasteiger partial charge on any atom is -0.497 e. The van der Waals surface area contributed by atoms with E-state index < -0.39 is 0 Å². The molecule has 0 radical (unpaired) electrons. The van der Waals surface area contributed by atoms with Crippen LogP contribution in [0.5, 0.6) is 5.75 Å². The van der Waals surface area contributed by atoms with Gasteiger partial charge in [-0.3, -0.25) is 9.69 Å². The Bertz CT molecular complexity index is 852. The molecule has 28 heavy (non-hydrogen) atoms. The number of nitrogens with zero attached hydrogens (tertiary/aromatic N) is 4. The van der Waals surface area contributed by atoms with Gasteiger partial charge in [-0.2, -0.15) is 0 Å². The van der Waals surface area contributed by atoms with E-state index in [-0.39, 0.29) is 5.91 Å². The molecule has 1 aromatic heterocycles. The second-order valence-electron chi connectivity index (χ2n) is 7.97. The van der Waals surface area contributed by atoms with E-state index in [1.807, 2.05) is 24.1 Å². The van der Waals surface area contributed by atoms with Crippen molar-refractivity contribution in [3.63, 3.8) is 0 Å². The first-order valence-electron chi connectivity index (χ1n) is 10.1. The molecule has 4 rings (SSSR count). The Kier molecular flexibility index (Phi) is 5.42. The van der Waals surface area contributed by atoms with Gasteiger partial charge < -0.3 is 19.1 Å². The monoisotopic (exact) mass is 382 g/mol. The Morgan fingerprint density at radius 3 is 2.61 bits per heavy atom. The summed E-state index contributed by atoms with van der Waals surface area (Å²) in [5.74, 6) is 1.07. The van der Waals surface area contributed by atoms with Crippen molar-refractivity contribution in [2.45, 2.75) is 19.5 Å². The Morgan fingerprint density at radius 1 is 1.07 bits per heavy atom. The first-order valence-corrected chi connectivity index (χ1v) is 10.1. The molecule has 1 fully saturated rings. The van der Waals surface area contributed by atoms with Crippen molar-refractivity contribution in [1.82, 2.24) is 19.3 Å². The number of hydrogen-bond donors (Lipinski definition) is 0. The molecule has 1 amide bonds. The lowest BCUT2D eigenvalue weighted by Crippen LogP contribution is -2.47. The molecule has 1 aromatic carbocycles. The zero-order valence-electron chi connectivity index (χ0n) is 17.1. The Balaban J connectivity index is 1.47. The highest BCUT2D eigenvalue weighted by Gasteiger charge is 2.27. The number of aromatic nitrogens is 1. The largest absolute Gasteiger partial charge is 0.497 e. The highest BCUT2D eigenvalue weighted by molar-refractivity contribution is 5.93. The van der Waals surface area contributed by atoms with Crippen molar-refractivity contribution < 1.29 is 9.53 Å². The number of rotatable bonds is 4. The molecular weight excluding hydrogens is 352 g/mol. The topological polar surface area (TPSA) is 41.0 Å². The lowest BCUT2D eigenvalue weighted by molar-refractivity contribution is 0.0654. The van der Waals surface area contributed by atoms with Crippen LogP contribution >= 0.6 is 0 Å². The van der Waals surface area contributed by atoms with E-state index in [4.69, 9.17) is 4.74 Å². The van der Waals surface area contributed by atoms with E-state index in [1.54, 1.807) is 7.11 Å².